The van der Waals surface area contributed by atoms with Crippen LogP contribution < -0.4 is 15.8 Å². The minimum absolute atomic E-state index is 0.0136. The Hall–Kier alpha value is -2.57. The molecule has 7 heteroatoms. The van der Waals surface area contributed by atoms with Crippen LogP contribution in [0.1, 0.15) is 89.8 Å². The summed E-state index contributed by atoms with van der Waals surface area (Å²) in [4.78, 5) is 31.3. The zero-order valence-electron chi connectivity index (χ0n) is 19.9. The number of nitrogens with one attached hydrogen (secondary N) is 1. The van der Waals surface area contributed by atoms with E-state index in [-0.39, 0.29) is 29.5 Å². The number of rotatable bonds is 0. The van der Waals surface area contributed by atoms with E-state index in [9.17, 15) is 9.59 Å². The van der Waals surface area contributed by atoms with E-state index in [4.69, 9.17) is 10.5 Å². The van der Waals surface area contributed by atoms with Gasteiger partial charge in [0.15, 0.2) is 5.96 Å². The molecule has 0 aliphatic carbocycles. The molecule has 3 N–H and O–H groups in total. The Morgan fingerprint density at radius 2 is 1.94 bits per heavy atom. The second-order valence-electron chi connectivity index (χ2n) is 9.30. The number of fused-ring (bicyclic) bond motifs is 8. The first-order valence-electron chi connectivity index (χ1n) is 12.1. The van der Waals surface area contributed by atoms with Crippen molar-refractivity contribution in [2.45, 2.75) is 96.7 Å². The van der Waals surface area contributed by atoms with E-state index in [2.05, 4.69) is 36.3 Å². The van der Waals surface area contributed by atoms with Crippen molar-refractivity contribution in [2.75, 3.05) is 6.54 Å². The lowest BCUT2D eigenvalue weighted by molar-refractivity contribution is -0.129. The normalized spacial score (nSPS) is 25.5. The molecule has 4 bridgehead atoms. The van der Waals surface area contributed by atoms with Gasteiger partial charge in [-0.25, -0.2) is 4.99 Å². The van der Waals surface area contributed by atoms with Crippen molar-refractivity contribution in [2.24, 2.45) is 10.7 Å². The highest BCUT2D eigenvalue weighted by atomic mass is 16.5. The first-order valence-corrected chi connectivity index (χ1v) is 12.1. The van der Waals surface area contributed by atoms with Crippen molar-refractivity contribution in [3.8, 4) is 5.75 Å². The fourth-order valence-corrected chi connectivity index (χ4v) is 4.71. The van der Waals surface area contributed by atoms with Crippen LogP contribution in [0.25, 0.3) is 0 Å². The quantitative estimate of drug-likeness (QED) is 0.638. The number of guanidine groups is 1. The lowest BCUT2D eigenvalue weighted by Crippen LogP contribution is -2.47. The maximum absolute atomic E-state index is 12.7. The number of aliphatic imine (C=N–C) groups is 1. The molecule has 176 valence electrons. The van der Waals surface area contributed by atoms with Gasteiger partial charge in [0, 0.05) is 31.4 Å². The molecule has 32 heavy (non-hydrogen) atoms. The van der Waals surface area contributed by atoms with Crippen molar-refractivity contribution in [1.82, 2.24) is 10.2 Å². The first kappa shape index (κ1) is 24.1. The number of hydrogen-bond donors (Lipinski definition) is 2. The standard InChI is InChI=1S/C23H32N4O3.C2H6/c1-23(2)14-18-17-12-15(9-10-19(17)30-23)6-3-4-7-16-13-21(29)27(22(24)25-16)11-5-8-20(28)26-18;1-2/h9-10,12,16,18H,3-8,11,13-14H2,1-2H3,(H2,24,25)(H,26,28);1-2H3. The molecule has 2 amide bonds. The van der Waals surface area contributed by atoms with Crippen LogP contribution in [-0.2, 0) is 16.0 Å². The minimum atomic E-state index is -0.340. The number of carbonyl (C=O) groups excluding carboxylic acids is 2. The third-order valence-electron chi connectivity index (χ3n) is 6.21. The maximum Gasteiger partial charge on any atom is 0.231 e. The summed E-state index contributed by atoms with van der Waals surface area (Å²) in [6, 6.07) is 6.24. The van der Waals surface area contributed by atoms with Gasteiger partial charge in [-0.05, 0) is 51.2 Å². The summed E-state index contributed by atoms with van der Waals surface area (Å²) in [6.07, 6.45) is 5.85. The summed E-state index contributed by atoms with van der Waals surface area (Å²) in [5.74, 6) is 1.15. The smallest absolute Gasteiger partial charge is 0.231 e. The molecule has 2 atom stereocenters. The van der Waals surface area contributed by atoms with Gasteiger partial charge in [0.1, 0.15) is 11.4 Å². The highest BCUT2D eigenvalue weighted by Gasteiger charge is 2.35. The topological polar surface area (TPSA) is 97.0 Å². The van der Waals surface area contributed by atoms with Crippen molar-refractivity contribution in [3.63, 3.8) is 0 Å². The summed E-state index contributed by atoms with van der Waals surface area (Å²) < 4.78 is 6.17. The van der Waals surface area contributed by atoms with E-state index in [0.29, 0.717) is 31.8 Å². The predicted octanol–water partition coefficient (Wildman–Crippen LogP) is 3.85. The highest BCUT2D eigenvalue weighted by molar-refractivity contribution is 5.98. The Kier molecular flexibility index (Phi) is 7.80. The Morgan fingerprint density at radius 1 is 1.16 bits per heavy atom. The van der Waals surface area contributed by atoms with Crippen molar-refractivity contribution >= 4 is 17.8 Å². The lowest BCUT2D eigenvalue weighted by atomic mass is 9.88. The second-order valence-corrected chi connectivity index (χ2v) is 9.30. The van der Waals surface area contributed by atoms with E-state index in [0.717, 1.165) is 43.4 Å². The molecule has 0 aromatic heterocycles. The SMILES string of the molecule is CC.CC1(C)CC2NC(=O)CCCN3C(=O)CC(CCCCc4ccc(c2c4)O1)N=C3N. The van der Waals surface area contributed by atoms with Gasteiger partial charge >= 0.3 is 0 Å². The first-order chi connectivity index (χ1) is 15.3. The van der Waals surface area contributed by atoms with Crippen LogP contribution in [0.4, 0.5) is 0 Å². The van der Waals surface area contributed by atoms with Crippen LogP contribution in [0, 0.1) is 0 Å². The summed E-state index contributed by atoms with van der Waals surface area (Å²) in [5, 5.41) is 3.20. The number of aryl methyl sites for hydroxylation is 1. The van der Waals surface area contributed by atoms with Gasteiger partial charge in [-0.1, -0.05) is 32.4 Å². The van der Waals surface area contributed by atoms with Crippen LogP contribution in [0.15, 0.2) is 23.2 Å². The van der Waals surface area contributed by atoms with E-state index in [1.807, 2.05) is 19.9 Å². The number of carbonyl (C=O) groups is 2. The molecule has 0 saturated heterocycles. The molecule has 4 aliphatic heterocycles. The molecule has 2 unspecified atom stereocenters. The summed E-state index contributed by atoms with van der Waals surface area (Å²) >= 11 is 0. The molecule has 1 aromatic carbocycles. The number of amides is 2. The zero-order chi connectivity index (χ0) is 23.3. The van der Waals surface area contributed by atoms with Gasteiger partial charge in [-0.15, -0.1) is 0 Å². The Morgan fingerprint density at radius 3 is 2.69 bits per heavy atom. The highest BCUT2D eigenvalue weighted by Crippen LogP contribution is 2.40. The average molecular weight is 443 g/mol. The molecule has 0 fully saturated rings. The molecule has 0 spiro atoms. The van der Waals surface area contributed by atoms with Crippen LogP contribution in [-0.4, -0.2) is 40.9 Å². The number of nitrogens with zero attached hydrogens (tertiary/aromatic N) is 2. The third kappa shape index (κ3) is 5.81. The van der Waals surface area contributed by atoms with E-state index < -0.39 is 0 Å². The fraction of sp³-hybridized carbons (Fsp3) is 0.640. The van der Waals surface area contributed by atoms with Gasteiger partial charge in [-0.3, -0.25) is 14.5 Å². The number of benzene rings is 1. The maximum atomic E-state index is 12.7. The number of hydrogen-bond acceptors (Lipinski definition) is 5. The zero-order valence-corrected chi connectivity index (χ0v) is 19.9. The van der Waals surface area contributed by atoms with Crippen molar-refractivity contribution < 1.29 is 14.3 Å². The molecular weight excluding hydrogens is 404 g/mol. The van der Waals surface area contributed by atoms with Crippen LogP contribution in [0.5, 0.6) is 5.75 Å². The monoisotopic (exact) mass is 442 g/mol. The van der Waals surface area contributed by atoms with E-state index in [1.54, 1.807) is 0 Å². The largest absolute Gasteiger partial charge is 0.487 e. The number of ether oxygens (including phenoxy) is 1. The van der Waals surface area contributed by atoms with Crippen LogP contribution in [0.3, 0.4) is 0 Å². The summed E-state index contributed by atoms with van der Waals surface area (Å²) in [7, 11) is 0. The van der Waals surface area contributed by atoms with Gasteiger partial charge in [0.05, 0.1) is 12.1 Å². The molecule has 1 aromatic rings. The lowest BCUT2D eigenvalue weighted by Gasteiger charge is -2.38. The Bertz CT molecular complexity index is 865. The van der Waals surface area contributed by atoms with Gasteiger partial charge < -0.3 is 15.8 Å². The molecular formula is C25H38N4O3. The van der Waals surface area contributed by atoms with Crippen LogP contribution >= 0.6 is 0 Å². The Labute approximate surface area is 191 Å². The summed E-state index contributed by atoms with van der Waals surface area (Å²) in [5.41, 5.74) is 8.03. The average Bonchev–Trinajstić information content (AvgIpc) is 2.74. The Balaban J connectivity index is 0.00000141. The molecule has 4 heterocycles. The van der Waals surface area contributed by atoms with E-state index in [1.165, 1.54) is 10.5 Å². The minimum Gasteiger partial charge on any atom is -0.487 e. The second kappa shape index (κ2) is 10.4. The molecule has 4 aliphatic rings. The van der Waals surface area contributed by atoms with Gasteiger partial charge in [-0.2, -0.15) is 0 Å². The molecule has 7 nitrogen and oxygen atoms in total. The number of nitrogens with two attached hydrogens (primary N) is 1. The van der Waals surface area contributed by atoms with Crippen molar-refractivity contribution in [3.05, 3.63) is 29.3 Å². The summed E-state index contributed by atoms with van der Waals surface area (Å²) in [6.45, 7) is 8.53. The third-order valence-corrected chi connectivity index (χ3v) is 6.21. The van der Waals surface area contributed by atoms with Crippen molar-refractivity contribution in [1.29, 1.82) is 0 Å². The molecule has 5 rings (SSSR count). The molecule has 0 radical (unpaired) electrons. The fourth-order valence-electron chi connectivity index (χ4n) is 4.71. The predicted molar refractivity (Wildman–Crippen MR) is 127 cm³/mol. The van der Waals surface area contributed by atoms with Crippen LogP contribution in [0.2, 0.25) is 0 Å². The van der Waals surface area contributed by atoms with Gasteiger partial charge in [0.2, 0.25) is 11.8 Å². The van der Waals surface area contributed by atoms with E-state index >= 15 is 0 Å². The molecule has 0 saturated carbocycles. The van der Waals surface area contributed by atoms with Gasteiger partial charge in [0.25, 0.3) is 0 Å².